The van der Waals surface area contributed by atoms with E-state index in [4.69, 9.17) is 9.15 Å². The summed E-state index contributed by atoms with van der Waals surface area (Å²) >= 11 is 0. The Labute approximate surface area is 157 Å². The van der Waals surface area contributed by atoms with E-state index in [1.807, 2.05) is 30.2 Å². The van der Waals surface area contributed by atoms with Gasteiger partial charge in [0.2, 0.25) is 0 Å². The van der Waals surface area contributed by atoms with Crippen LogP contribution >= 0.6 is 0 Å². The maximum atomic E-state index is 12.6. The summed E-state index contributed by atoms with van der Waals surface area (Å²) < 4.78 is 10.8. The lowest BCUT2D eigenvalue weighted by Gasteiger charge is -2.31. The molecule has 1 saturated heterocycles. The van der Waals surface area contributed by atoms with Crippen molar-refractivity contribution in [3.8, 4) is 17.1 Å². The average molecular weight is 366 g/mol. The van der Waals surface area contributed by atoms with Crippen LogP contribution in [0.15, 0.2) is 47.3 Å². The quantitative estimate of drug-likeness (QED) is 0.747. The van der Waals surface area contributed by atoms with Gasteiger partial charge in [-0.05, 0) is 43.5 Å². The van der Waals surface area contributed by atoms with E-state index in [1.165, 1.54) is 0 Å². The number of H-pyrrole nitrogens is 1. The van der Waals surface area contributed by atoms with Crippen molar-refractivity contribution >= 4 is 5.91 Å². The third-order valence-electron chi connectivity index (χ3n) is 4.93. The number of aromatic nitrogens is 3. The smallest absolute Gasteiger partial charge is 0.289 e. The van der Waals surface area contributed by atoms with Crippen LogP contribution in [0.3, 0.4) is 0 Å². The molecular weight excluding hydrogens is 344 g/mol. The lowest BCUT2D eigenvalue weighted by molar-refractivity contribution is 0.0672. The monoisotopic (exact) mass is 366 g/mol. The Morgan fingerprint density at radius 2 is 2.04 bits per heavy atom. The zero-order valence-corrected chi connectivity index (χ0v) is 15.2. The fourth-order valence-corrected chi connectivity index (χ4v) is 3.55. The molecule has 1 N–H and O–H groups in total. The molecule has 0 radical (unpaired) electrons. The molecule has 1 aliphatic heterocycles. The number of rotatable bonds is 5. The Kier molecular flexibility index (Phi) is 4.91. The van der Waals surface area contributed by atoms with Gasteiger partial charge in [-0.2, -0.15) is 5.10 Å². The van der Waals surface area contributed by atoms with Gasteiger partial charge in [0.15, 0.2) is 5.76 Å². The van der Waals surface area contributed by atoms with Crippen LogP contribution in [-0.2, 0) is 0 Å². The van der Waals surface area contributed by atoms with E-state index in [1.54, 1.807) is 24.5 Å². The Balaban J connectivity index is 1.42. The van der Waals surface area contributed by atoms with Gasteiger partial charge < -0.3 is 14.1 Å². The van der Waals surface area contributed by atoms with E-state index in [9.17, 15) is 4.79 Å². The van der Waals surface area contributed by atoms with Crippen molar-refractivity contribution in [1.29, 1.82) is 0 Å². The molecule has 1 aliphatic rings. The van der Waals surface area contributed by atoms with E-state index in [-0.39, 0.29) is 5.91 Å². The first-order valence-electron chi connectivity index (χ1n) is 9.22. The van der Waals surface area contributed by atoms with Crippen molar-refractivity contribution < 1.29 is 13.9 Å². The standard InChI is InChI=1S/C20H22N4O3/c1-2-26-18-4-3-17(27-18)20(25)24-11-7-15(8-12-24)19-16(13-22-23-19)14-5-9-21-10-6-14/h3-6,9-10,13,15H,2,7-8,11-12H2,1H3,(H,22,23). The van der Waals surface area contributed by atoms with Gasteiger partial charge in [-0.1, -0.05) is 0 Å². The molecule has 4 rings (SSSR count). The number of likely N-dealkylation sites (tertiary alicyclic amines) is 1. The van der Waals surface area contributed by atoms with Crippen molar-refractivity contribution in [2.24, 2.45) is 0 Å². The highest BCUT2D eigenvalue weighted by atomic mass is 16.6. The number of hydrogen-bond acceptors (Lipinski definition) is 5. The molecule has 0 unspecified atom stereocenters. The number of nitrogens with zero attached hydrogens (tertiary/aromatic N) is 3. The van der Waals surface area contributed by atoms with Crippen molar-refractivity contribution in [1.82, 2.24) is 20.1 Å². The summed E-state index contributed by atoms with van der Waals surface area (Å²) in [7, 11) is 0. The van der Waals surface area contributed by atoms with E-state index >= 15 is 0 Å². The zero-order chi connectivity index (χ0) is 18.6. The fourth-order valence-electron chi connectivity index (χ4n) is 3.55. The number of furan rings is 1. The second-order valence-corrected chi connectivity index (χ2v) is 6.55. The summed E-state index contributed by atoms with van der Waals surface area (Å²) in [6.45, 7) is 3.76. The predicted molar refractivity (Wildman–Crippen MR) is 99.6 cm³/mol. The highest BCUT2D eigenvalue weighted by Gasteiger charge is 2.28. The van der Waals surface area contributed by atoms with Crippen molar-refractivity contribution in [3.63, 3.8) is 0 Å². The third kappa shape index (κ3) is 3.58. The van der Waals surface area contributed by atoms with Gasteiger partial charge in [0.1, 0.15) is 0 Å². The molecule has 4 heterocycles. The second kappa shape index (κ2) is 7.65. The third-order valence-corrected chi connectivity index (χ3v) is 4.93. The van der Waals surface area contributed by atoms with Gasteiger partial charge in [0.25, 0.3) is 11.9 Å². The largest absolute Gasteiger partial charge is 0.465 e. The summed E-state index contributed by atoms with van der Waals surface area (Å²) in [5.74, 6) is 0.972. The van der Waals surface area contributed by atoms with Crippen LogP contribution < -0.4 is 4.74 Å². The van der Waals surface area contributed by atoms with Crippen LogP contribution in [0.5, 0.6) is 5.95 Å². The minimum absolute atomic E-state index is 0.0848. The molecule has 0 spiro atoms. The van der Waals surface area contributed by atoms with Gasteiger partial charge in [-0.25, -0.2) is 0 Å². The first-order valence-corrected chi connectivity index (χ1v) is 9.22. The molecule has 0 saturated carbocycles. The van der Waals surface area contributed by atoms with Gasteiger partial charge in [0, 0.05) is 48.7 Å². The maximum absolute atomic E-state index is 12.6. The SMILES string of the molecule is CCOc1ccc(C(=O)N2CCC(c3[nH]ncc3-c3ccncc3)CC2)o1. The topological polar surface area (TPSA) is 84.2 Å². The van der Waals surface area contributed by atoms with Crippen LogP contribution in [0.4, 0.5) is 0 Å². The molecule has 140 valence electrons. The number of ether oxygens (including phenoxy) is 1. The number of pyridine rings is 1. The molecule has 3 aromatic heterocycles. The van der Waals surface area contributed by atoms with Crippen LogP contribution in [0.1, 0.15) is 41.9 Å². The Hall–Kier alpha value is -3.09. The van der Waals surface area contributed by atoms with Gasteiger partial charge in [0.05, 0.1) is 12.8 Å². The Morgan fingerprint density at radius 1 is 1.26 bits per heavy atom. The van der Waals surface area contributed by atoms with E-state index in [0.717, 1.165) is 29.7 Å². The number of carbonyl (C=O) groups excluding carboxylic acids is 1. The highest BCUT2D eigenvalue weighted by Crippen LogP contribution is 2.34. The number of aromatic amines is 1. The van der Waals surface area contributed by atoms with Gasteiger partial charge >= 0.3 is 0 Å². The van der Waals surface area contributed by atoms with Crippen molar-refractivity contribution in [2.75, 3.05) is 19.7 Å². The number of piperidine rings is 1. The van der Waals surface area contributed by atoms with Crippen LogP contribution in [0, 0.1) is 0 Å². The average Bonchev–Trinajstić information content (AvgIpc) is 3.38. The first kappa shape index (κ1) is 17.3. The molecule has 0 atom stereocenters. The van der Waals surface area contributed by atoms with E-state index in [0.29, 0.717) is 37.3 Å². The second-order valence-electron chi connectivity index (χ2n) is 6.55. The molecule has 0 bridgehead atoms. The van der Waals surface area contributed by atoms with E-state index < -0.39 is 0 Å². The number of carbonyl (C=O) groups is 1. The van der Waals surface area contributed by atoms with Crippen LogP contribution in [0.25, 0.3) is 11.1 Å². The highest BCUT2D eigenvalue weighted by molar-refractivity contribution is 5.91. The fraction of sp³-hybridized carbons (Fsp3) is 0.350. The Morgan fingerprint density at radius 3 is 2.78 bits per heavy atom. The number of amides is 1. The summed E-state index contributed by atoms with van der Waals surface area (Å²) in [4.78, 5) is 18.6. The minimum atomic E-state index is -0.0848. The van der Waals surface area contributed by atoms with Crippen molar-refractivity contribution in [2.45, 2.75) is 25.7 Å². The molecule has 0 aliphatic carbocycles. The number of nitrogens with one attached hydrogen (secondary N) is 1. The lowest BCUT2D eigenvalue weighted by Crippen LogP contribution is -2.37. The maximum Gasteiger partial charge on any atom is 0.289 e. The van der Waals surface area contributed by atoms with E-state index in [2.05, 4.69) is 15.2 Å². The first-order chi connectivity index (χ1) is 13.3. The Bertz CT molecular complexity index is 895. The van der Waals surface area contributed by atoms with Gasteiger partial charge in [-0.15, -0.1) is 0 Å². The molecular formula is C20H22N4O3. The zero-order valence-electron chi connectivity index (χ0n) is 15.2. The van der Waals surface area contributed by atoms with Gasteiger partial charge in [-0.3, -0.25) is 14.9 Å². The molecule has 27 heavy (non-hydrogen) atoms. The molecule has 1 amide bonds. The number of hydrogen-bond donors (Lipinski definition) is 1. The minimum Gasteiger partial charge on any atom is -0.465 e. The predicted octanol–water partition coefficient (Wildman–Crippen LogP) is 3.48. The molecule has 3 aromatic rings. The summed E-state index contributed by atoms with van der Waals surface area (Å²) in [6.07, 6.45) is 7.19. The molecule has 1 fully saturated rings. The lowest BCUT2D eigenvalue weighted by atomic mass is 9.89. The normalized spacial score (nSPS) is 15.1. The summed E-state index contributed by atoms with van der Waals surface area (Å²) in [5, 5.41) is 7.40. The molecule has 7 nitrogen and oxygen atoms in total. The van der Waals surface area contributed by atoms with Crippen molar-refractivity contribution in [3.05, 3.63) is 54.3 Å². The summed E-state index contributed by atoms with van der Waals surface area (Å²) in [5.41, 5.74) is 3.34. The molecule has 7 heteroatoms. The summed E-state index contributed by atoms with van der Waals surface area (Å²) in [6, 6.07) is 7.34. The molecule has 0 aromatic carbocycles. The van der Waals surface area contributed by atoms with Crippen LogP contribution in [-0.4, -0.2) is 45.7 Å². The van der Waals surface area contributed by atoms with Crippen LogP contribution in [0.2, 0.25) is 0 Å².